The van der Waals surface area contributed by atoms with Gasteiger partial charge in [0.05, 0.1) is 11.7 Å². The number of nitrogens with zero attached hydrogens (tertiary/aromatic N) is 2. The van der Waals surface area contributed by atoms with Gasteiger partial charge in [-0.05, 0) is 55.3 Å². The van der Waals surface area contributed by atoms with Gasteiger partial charge in [0.2, 0.25) is 0 Å². The normalized spacial score (nSPS) is 17.5. The summed E-state index contributed by atoms with van der Waals surface area (Å²) in [6.45, 7) is 7.16. The van der Waals surface area contributed by atoms with Crippen LogP contribution in [-0.2, 0) is 6.54 Å². The van der Waals surface area contributed by atoms with Gasteiger partial charge >= 0.3 is 0 Å². The smallest absolute Gasteiger partial charge is 0.0651 e. The third-order valence-electron chi connectivity index (χ3n) is 4.67. The van der Waals surface area contributed by atoms with Crippen molar-refractivity contribution in [3.8, 4) is 0 Å². The lowest BCUT2D eigenvalue weighted by atomic mass is 10.0. The van der Waals surface area contributed by atoms with E-state index in [0.717, 1.165) is 36.2 Å². The van der Waals surface area contributed by atoms with Crippen LogP contribution in [0.3, 0.4) is 0 Å². The Bertz CT molecular complexity index is 826. The summed E-state index contributed by atoms with van der Waals surface area (Å²) >= 11 is 0. The number of H-pyrrole nitrogens is 1. The van der Waals surface area contributed by atoms with E-state index in [1.165, 1.54) is 24.1 Å². The van der Waals surface area contributed by atoms with Crippen LogP contribution < -0.4 is 11.1 Å². The maximum Gasteiger partial charge on any atom is 0.0651 e. The van der Waals surface area contributed by atoms with Crippen LogP contribution in [0.2, 0.25) is 0 Å². The summed E-state index contributed by atoms with van der Waals surface area (Å²) in [5.74, 6) is 0. The fourth-order valence-corrected chi connectivity index (χ4v) is 3.53. The number of fused-ring (bicyclic) bond motifs is 1. The molecule has 1 saturated heterocycles. The first-order valence-electron chi connectivity index (χ1n) is 9.53. The zero-order valence-corrected chi connectivity index (χ0v) is 15.7. The fourth-order valence-electron chi connectivity index (χ4n) is 3.53. The lowest BCUT2D eigenvalue weighted by molar-refractivity contribution is 0.208. The van der Waals surface area contributed by atoms with Gasteiger partial charge in [0.15, 0.2) is 0 Å². The number of aromatic nitrogens is 2. The molecule has 1 atom stereocenters. The Morgan fingerprint density at radius 1 is 1.23 bits per heavy atom. The lowest BCUT2D eigenvalue weighted by Crippen LogP contribution is -2.41. The number of aromatic amines is 1. The summed E-state index contributed by atoms with van der Waals surface area (Å²) in [7, 11) is 0. The van der Waals surface area contributed by atoms with Gasteiger partial charge in [-0.2, -0.15) is 5.10 Å². The van der Waals surface area contributed by atoms with E-state index in [9.17, 15) is 0 Å². The first kappa shape index (κ1) is 18.3. The molecular formula is C21H29N5. The number of hydrogen-bond donors (Lipinski definition) is 3. The van der Waals surface area contributed by atoms with Gasteiger partial charge in [0.25, 0.3) is 0 Å². The molecule has 4 rings (SSSR count). The molecule has 2 aromatic carbocycles. The van der Waals surface area contributed by atoms with E-state index in [4.69, 9.17) is 5.73 Å². The molecule has 0 saturated carbocycles. The molecule has 1 aliphatic rings. The standard InChI is InChI=1S/C19H23N5.C2H6/c20-16-4-1-3-14(9-16)12-24-8-2-5-18(13-24)22-17-6-7-19-15(10-17)11-21-23-19;1-2/h1,3-4,6-7,9-11,18,22H,2,5,8,12-13,20H2,(H,21,23);1-2H3/t18-;/m0./s1. The van der Waals surface area contributed by atoms with Gasteiger partial charge < -0.3 is 11.1 Å². The zero-order chi connectivity index (χ0) is 18.4. The van der Waals surface area contributed by atoms with Gasteiger partial charge in [-0.1, -0.05) is 26.0 Å². The third kappa shape index (κ3) is 4.55. The average Bonchev–Trinajstić information content (AvgIpc) is 3.12. The molecule has 0 amide bonds. The minimum absolute atomic E-state index is 0.476. The van der Waals surface area contributed by atoms with Crippen LogP contribution in [0.5, 0.6) is 0 Å². The molecule has 2 heterocycles. The number of nitrogen functional groups attached to an aromatic ring is 1. The topological polar surface area (TPSA) is 70.0 Å². The Morgan fingerprint density at radius 2 is 2.12 bits per heavy atom. The van der Waals surface area contributed by atoms with Crippen LogP contribution in [0.15, 0.2) is 48.7 Å². The number of piperidine rings is 1. The number of anilines is 2. The minimum atomic E-state index is 0.476. The van der Waals surface area contributed by atoms with Crippen LogP contribution in [0.1, 0.15) is 32.3 Å². The molecule has 0 bridgehead atoms. The van der Waals surface area contributed by atoms with Crippen molar-refractivity contribution >= 4 is 22.3 Å². The van der Waals surface area contributed by atoms with Crippen molar-refractivity contribution in [2.45, 2.75) is 39.3 Å². The highest BCUT2D eigenvalue weighted by Crippen LogP contribution is 2.21. The Morgan fingerprint density at radius 3 is 2.96 bits per heavy atom. The molecule has 5 nitrogen and oxygen atoms in total. The Hall–Kier alpha value is -2.53. The zero-order valence-electron chi connectivity index (χ0n) is 15.7. The predicted octanol–water partition coefficient (Wildman–Crippen LogP) is 4.25. The number of benzene rings is 2. The molecule has 1 aliphatic heterocycles. The molecule has 0 aliphatic carbocycles. The van der Waals surface area contributed by atoms with Crippen LogP contribution >= 0.6 is 0 Å². The second-order valence-corrected chi connectivity index (χ2v) is 6.64. The van der Waals surface area contributed by atoms with E-state index in [0.29, 0.717) is 6.04 Å². The van der Waals surface area contributed by atoms with E-state index in [1.807, 2.05) is 32.2 Å². The molecule has 0 spiro atoms. The molecule has 1 fully saturated rings. The summed E-state index contributed by atoms with van der Waals surface area (Å²) in [6.07, 6.45) is 4.29. The van der Waals surface area contributed by atoms with Crippen molar-refractivity contribution < 1.29 is 0 Å². The molecule has 138 valence electrons. The number of rotatable bonds is 4. The summed E-state index contributed by atoms with van der Waals surface area (Å²) < 4.78 is 0. The van der Waals surface area contributed by atoms with E-state index in [2.05, 4.69) is 50.7 Å². The monoisotopic (exact) mass is 351 g/mol. The highest BCUT2D eigenvalue weighted by molar-refractivity contribution is 5.81. The average molecular weight is 351 g/mol. The first-order chi connectivity index (χ1) is 12.8. The van der Waals surface area contributed by atoms with E-state index in [-0.39, 0.29) is 0 Å². The van der Waals surface area contributed by atoms with E-state index < -0.39 is 0 Å². The third-order valence-corrected chi connectivity index (χ3v) is 4.67. The quantitative estimate of drug-likeness (QED) is 0.615. The van der Waals surface area contributed by atoms with Gasteiger partial charge in [-0.15, -0.1) is 0 Å². The van der Waals surface area contributed by atoms with Gasteiger partial charge in [-0.3, -0.25) is 10.00 Å². The number of nitrogens with two attached hydrogens (primary N) is 1. The Kier molecular flexibility index (Phi) is 6.12. The van der Waals surface area contributed by atoms with Crippen molar-refractivity contribution in [2.75, 3.05) is 24.1 Å². The molecule has 1 aromatic heterocycles. The molecule has 0 radical (unpaired) electrons. The molecule has 3 aromatic rings. The Balaban J connectivity index is 0.000000948. The molecular weight excluding hydrogens is 322 g/mol. The second-order valence-electron chi connectivity index (χ2n) is 6.64. The van der Waals surface area contributed by atoms with Crippen molar-refractivity contribution in [1.29, 1.82) is 0 Å². The maximum absolute atomic E-state index is 5.89. The van der Waals surface area contributed by atoms with Gasteiger partial charge in [-0.25, -0.2) is 0 Å². The van der Waals surface area contributed by atoms with E-state index in [1.54, 1.807) is 0 Å². The SMILES string of the molecule is CC.Nc1cccc(CN2CCC[C@H](Nc3ccc4[nH]ncc4c3)C2)c1. The number of likely N-dealkylation sites (tertiary alicyclic amines) is 1. The highest BCUT2D eigenvalue weighted by atomic mass is 15.2. The Labute approximate surface area is 155 Å². The van der Waals surface area contributed by atoms with Crippen LogP contribution in [-0.4, -0.2) is 34.2 Å². The number of hydrogen-bond acceptors (Lipinski definition) is 4. The van der Waals surface area contributed by atoms with E-state index >= 15 is 0 Å². The van der Waals surface area contributed by atoms with Crippen molar-refractivity contribution in [3.05, 3.63) is 54.2 Å². The highest BCUT2D eigenvalue weighted by Gasteiger charge is 2.20. The van der Waals surface area contributed by atoms with Crippen molar-refractivity contribution in [2.24, 2.45) is 0 Å². The summed E-state index contributed by atoms with van der Waals surface area (Å²) in [5, 5.41) is 11.9. The van der Waals surface area contributed by atoms with Crippen LogP contribution in [0.4, 0.5) is 11.4 Å². The fraction of sp³-hybridized carbons (Fsp3) is 0.381. The molecule has 26 heavy (non-hydrogen) atoms. The lowest BCUT2D eigenvalue weighted by Gasteiger charge is -2.33. The molecule has 5 heteroatoms. The predicted molar refractivity (Wildman–Crippen MR) is 110 cm³/mol. The van der Waals surface area contributed by atoms with Crippen LogP contribution in [0, 0.1) is 0 Å². The van der Waals surface area contributed by atoms with Crippen LogP contribution in [0.25, 0.3) is 10.9 Å². The van der Waals surface area contributed by atoms with Gasteiger partial charge in [0, 0.05) is 35.9 Å². The first-order valence-corrected chi connectivity index (χ1v) is 9.53. The minimum Gasteiger partial charge on any atom is -0.399 e. The second kappa shape index (κ2) is 8.72. The molecule has 0 unspecified atom stereocenters. The summed E-state index contributed by atoms with van der Waals surface area (Å²) in [5.41, 5.74) is 10.3. The van der Waals surface area contributed by atoms with Gasteiger partial charge in [0.1, 0.15) is 0 Å². The summed E-state index contributed by atoms with van der Waals surface area (Å²) in [4.78, 5) is 2.51. The number of nitrogens with one attached hydrogen (secondary N) is 2. The largest absolute Gasteiger partial charge is 0.399 e. The van der Waals surface area contributed by atoms with Crippen molar-refractivity contribution in [3.63, 3.8) is 0 Å². The molecule has 4 N–H and O–H groups in total. The summed E-state index contributed by atoms with van der Waals surface area (Å²) in [6, 6.07) is 15.0. The maximum atomic E-state index is 5.89. The van der Waals surface area contributed by atoms with Crippen molar-refractivity contribution in [1.82, 2.24) is 15.1 Å².